The number of rotatable bonds is 6. The standard InChI is InChI=1S/C14H20N4S/c1-3-13(15)14-10-18(17-16-14)8-9-19-12-6-4-11(2)5-7-12/h4-7,10,13H,3,8-9,15H2,1-2H3. The van der Waals surface area contributed by atoms with E-state index >= 15 is 0 Å². The molecule has 2 aromatic rings. The summed E-state index contributed by atoms with van der Waals surface area (Å²) >= 11 is 1.83. The number of aryl methyl sites for hydroxylation is 2. The van der Waals surface area contributed by atoms with Gasteiger partial charge in [0.2, 0.25) is 0 Å². The second-order valence-electron chi connectivity index (χ2n) is 4.58. The van der Waals surface area contributed by atoms with E-state index in [0.717, 1.165) is 24.4 Å². The van der Waals surface area contributed by atoms with Gasteiger partial charge in [0, 0.05) is 10.6 Å². The summed E-state index contributed by atoms with van der Waals surface area (Å²) in [7, 11) is 0. The largest absolute Gasteiger partial charge is 0.323 e. The summed E-state index contributed by atoms with van der Waals surface area (Å²) in [5, 5.41) is 8.21. The average molecular weight is 276 g/mol. The number of thioether (sulfide) groups is 1. The molecule has 102 valence electrons. The SMILES string of the molecule is CCC(N)c1cn(CCSc2ccc(C)cc2)nn1. The van der Waals surface area contributed by atoms with E-state index in [4.69, 9.17) is 5.73 Å². The molecule has 5 heteroatoms. The van der Waals surface area contributed by atoms with Crippen molar-refractivity contribution >= 4 is 11.8 Å². The van der Waals surface area contributed by atoms with Gasteiger partial charge in [0.05, 0.1) is 24.5 Å². The Bertz CT molecular complexity index is 506. The average Bonchev–Trinajstić information content (AvgIpc) is 2.89. The van der Waals surface area contributed by atoms with Gasteiger partial charge in [0.15, 0.2) is 0 Å². The van der Waals surface area contributed by atoms with Crippen LogP contribution in [0.5, 0.6) is 0 Å². The highest BCUT2D eigenvalue weighted by Crippen LogP contribution is 2.18. The molecule has 0 aliphatic heterocycles. The molecule has 0 saturated heterocycles. The van der Waals surface area contributed by atoms with Gasteiger partial charge in [-0.15, -0.1) is 16.9 Å². The van der Waals surface area contributed by atoms with E-state index in [-0.39, 0.29) is 6.04 Å². The van der Waals surface area contributed by atoms with Crippen LogP contribution in [0.1, 0.15) is 30.6 Å². The van der Waals surface area contributed by atoms with Crippen LogP contribution < -0.4 is 5.73 Å². The van der Waals surface area contributed by atoms with E-state index in [2.05, 4.69) is 48.4 Å². The van der Waals surface area contributed by atoms with E-state index < -0.39 is 0 Å². The van der Waals surface area contributed by atoms with Crippen molar-refractivity contribution in [3.63, 3.8) is 0 Å². The molecule has 4 nitrogen and oxygen atoms in total. The van der Waals surface area contributed by atoms with Gasteiger partial charge in [-0.2, -0.15) is 0 Å². The summed E-state index contributed by atoms with van der Waals surface area (Å²) in [4.78, 5) is 1.29. The lowest BCUT2D eigenvalue weighted by Gasteiger charge is -2.03. The highest BCUT2D eigenvalue weighted by molar-refractivity contribution is 7.99. The predicted octanol–water partition coefficient (Wildman–Crippen LogP) is 2.79. The Balaban J connectivity index is 1.82. The van der Waals surface area contributed by atoms with Crippen LogP contribution in [0.4, 0.5) is 0 Å². The van der Waals surface area contributed by atoms with Crippen LogP contribution >= 0.6 is 11.8 Å². The molecule has 0 fully saturated rings. The quantitative estimate of drug-likeness (QED) is 0.824. The van der Waals surface area contributed by atoms with Crippen LogP contribution in [0.15, 0.2) is 35.4 Å². The molecule has 1 atom stereocenters. The van der Waals surface area contributed by atoms with Gasteiger partial charge in [-0.3, -0.25) is 4.68 Å². The van der Waals surface area contributed by atoms with Gasteiger partial charge in [0.1, 0.15) is 0 Å². The maximum Gasteiger partial charge on any atom is 0.0993 e. The van der Waals surface area contributed by atoms with Crippen molar-refractivity contribution in [2.24, 2.45) is 5.73 Å². The first-order chi connectivity index (χ1) is 9.19. The Morgan fingerprint density at radius 2 is 2.05 bits per heavy atom. The zero-order valence-corrected chi connectivity index (χ0v) is 12.2. The van der Waals surface area contributed by atoms with E-state index in [0.29, 0.717) is 0 Å². The number of aromatic nitrogens is 3. The third-order valence-electron chi connectivity index (χ3n) is 2.99. The van der Waals surface area contributed by atoms with E-state index in [1.165, 1.54) is 10.5 Å². The Morgan fingerprint density at radius 1 is 1.32 bits per heavy atom. The third-order valence-corrected chi connectivity index (χ3v) is 3.98. The lowest BCUT2D eigenvalue weighted by Crippen LogP contribution is -2.08. The summed E-state index contributed by atoms with van der Waals surface area (Å²) in [5.41, 5.74) is 8.09. The summed E-state index contributed by atoms with van der Waals surface area (Å²) in [6.07, 6.45) is 2.83. The molecule has 0 amide bonds. The normalized spacial score (nSPS) is 12.6. The molecule has 0 spiro atoms. The van der Waals surface area contributed by atoms with Crippen LogP contribution in [-0.2, 0) is 6.54 Å². The van der Waals surface area contributed by atoms with E-state index in [1.807, 2.05) is 22.6 Å². The van der Waals surface area contributed by atoms with Crippen molar-refractivity contribution < 1.29 is 0 Å². The third kappa shape index (κ3) is 4.08. The molecule has 1 unspecified atom stereocenters. The fourth-order valence-electron chi connectivity index (χ4n) is 1.69. The number of benzene rings is 1. The summed E-state index contributed by atoms with van der Waals surface area (Å²) in [6.45, 7) is 5.00. The molecule has 2 N–H and O–H groups in total. The number of hydrogen-bond donors (Lipinski definition) is 1. The van der Waals surface area contributed by atoms with Crippen molar-refractivity contribution in [3.05, 3.63) is 41.7 Å². The van der Waals surface area contributed by atoms with Crippen molar-refractivity contribution in [2.75, 3.05) is 5.75 Å². The second-order valence-corrected chi connectivity index (χ2v) is 5.75. The zero-order valence-electron chi connectivity index (χ0n) is 11.4. The Hall–Kier alpha value is -1.33. The Labute approximate surface area is 118 Å². The Morgan fingerprint density at radius 3 is 2.74 bits per heavy atom. The molecule has 1 aromatic heterocycles. The smallest absolute Gasteiger partial charge is 0.0993 e. The van der Waals surface area contributed by atoms with Gasteiger partial charge in [-0.25, -0.2) is 0 Å². The van der Waals surface area contributed by atoms with Gasteiger partial charge in [-0.05, 0) is 25.5 Å². The minimum atomic E-state index is -0.00139. The molecule has 1 heterocycles. The topological polar surface area (TPSA) is 56.7 Å². The maximum absolute atomic E-state index is 5.92. The van der Waals surface area contributed by atoms with Gasteiger partial charge >= 0.3 is 0 Å². The maximum atomic E-state index is 5.92. The van der Waals surface area contributed by atoms with Crippen LogP contribution in [0.25, 0.3) is 0 Å². The lowest BCUT2D eigenvalue weighted by molar-refractivity contribution is 0.629. The zero-order chi connectivity index (χ0) is 13.7. The summed E-state index contributed by atoms with van der Waals surface area (Å²) in [6, 6.07) is 8.57. The fourth-order valence-corrected chi connectivity index (χ4v) is 2.54. The lowest BCUT2D eigenvalue weighted by atomic mass is 10.2. The van der Waals surface area contributed by atoms with E-state index in [9.17, 15) is 0 Å². The monoisotopic (exact) mass is 276 g/mol. The molecule has 2 rings (SSSR count). The number of nitrogens with zero attached hydrogens (tertiary/aromatic N) is 3. The van der Waals surface area contributed by atoms with Crippen LogP contribution in [0.3, 0.4) is 0 Å². The molecule has 0 aliphatic carbocycles. The number of nitrogens with two attached hydrogens (primary N) is 1. The van der Waals surface area contributed by atoms with Crippen LogP contribution in [-0.4, -0.2) is 20.7 Å². The highest BCUT2D eigenvalue weighted by atomic mass is 32.2. The van der Waals surface area contributed by atoms with Crippen molar-refractivity contribution in [2.45, 2.75) is 37.8 Å². The molecule has 19 heavy (non-hydrogen) atoms. The second kappa shape index (κ2) is 6.73. The molecule has 0 saturated carbocycles. The first-order valence-electron chi connectivity index (χ1n) is 6.54. The summed E-state index contributed by atoms with van der Waals surface area (Å²) < 4.78 is 1.87. The van der Waals surface area contributed by atoms with Gasteiger partial charge < -0.3 is 5.73 Å². The molecule has 0 aliphatic rings. The minimum absolute atomic E-state index is 0.00139. The van der Waals surface area contributed by atoms with Crippen molar-refractivity contribution in [1.82, 2.24) is 15.0 Å². The van der Waals surface area contributed by atoms with E-state index in [1.54, 1.807) is 0 Å². The molecule has 0 bridgehead atoms. The molecule has 1 aromatic carbocycles. The minimum Gasteiger partial charge on any atom is -0.323 e. The van der Waals surface area contributed by atoms with Crippen LogP contribution in [0.2, 0.25) is 0 Å². The fraction of sp³-hybridized carbons (Fsp3) is 0.429. The number of hydrogen-bond acceptors (Lipinski definition) is 4. The van der Waals surface area contributed by atoms with Crippen molar-refractivity contribution in [3.8, 4) is 0 Å². The first-order valence-corrected chi connectivity index (χ1v) is 7.52. The van der Waals surface area contributed by atoms with Crippen LogP contribution in [0, 0.1) is 6.92 Å². The first kappa shape index (κ1) is 14.1. The predicted molar refractivity (Wildman–Crippen MR) is 79.1 cm³/mol. The molecular formula is C14H20N4S. The molecule has 0 radical (unpaired) electrons. The van der Waals surface area contributed by atoms with Crippen molar-refractivity contribution in [1.29, 1.82) is 0 Å². The summed E-state index contributed by atoms with van der Waals surface area (Å²) in [5.74, 6) is 0.979. The van der Waals surface area contributed by atoms with Gasteiger partial charge in [0.25, 0.3) is 0 Å². The van der Waals surface area contributed by atoms with Gasteiger partial charge in [-0.1, -0.05) is 29.8 Å². The Kier molecular flexibility index (Phi) is 4.99. The highest BCUT2D eigenvalue weighted by Gasteiger charge is 2.07. The molecular weight excluding hydrogens is 256 g/mol.